The summed E-state index contributed by atoms with van der Waals surface area (Å²) in [6.45, 7) is 2.83. The normalized spacial score (nSPS) is 12.3. The summed E-state index contributed by atoms with van der Waals surface area (Å²) < 4.78 is 0. The van der Waals surface area contributed by atoms with Crippen molar-refractivity contribution in [2.24, 2.45) is 0 Å². The number of hydrogen-bond acceptors (Lipinski definition) is 2. The molecule has 0 aliphatic rings. The Morgan fingerprint density at radius 3 is 2.55 bits per heavy atom. The molecule has 1 atom stereocenters. The number of fused-ring (bicyclic) bond motifs is 1. The van der Waals surface area contributed by atoms with E-state index in [0.29, 0.717) is 13.0 Å². The molecule has 1 amide bonds. The van der Waals surface area contributed by atoms with Gasteiger partial charge in [0.15, 0.2) is 0 Å². The van der Waals surface area contributed by atoms with Crippen LogP contribution in [0, 0.1) is 0 Å². The van der Waals surface area contributed by atoms with Crippen LogP contribution in [0.3, 0.4) is 0 Å². The van der Waals surface area contributed by atoms with E-state index in [0.717, 1.165) is 0 Å². The molecule has 0 fully saturated rings. The van der Waals surface area contributed by atoms with E-state index in [4.69, 9.17) is 0 Å². The third kappa shape index (κ3) is 3.58. The number of nitrogens with one attached hydrogen (secondary N) is 1. The van der Waals surface area contributed by atoms with Gasteiger partial charge in [0.1, 0.15) is 0 Å². The van der Waals surface area contributed by atoms with E-state index in [1.165, 1.54) is 16.3 Å². The van der Waals surface area contributed by atoms with Crippen LogP contribution in [0.25, 0.3) is 10.8 Å². The fourth-order valence-electron chi connectivity index (χ4n) is 2.21. The predicted octanol–water partition coefficient (Wildman–Crippen LogP) is 2.97. The van der Waals surface area contributed by atoms with Crippen LogP contribution in [0.4, 0.5) is 0 Å². The van der Waals surface area contributed by atoms with Gasteiger partial charge in [-0.2, -0.15) is 0 Å². The number of carbonyl (C=O) groups excluding carboxylic acids is 1. The second kappa shape index (κ2) is 6.53. The summed E-state index contributed by atoms with van der Waals surface area (Å²) in [6.07, 6.45) is 0.533. The summed E-state index contributed by atoms with van der Waals surface area (Å²) in [5, 5.41) is 5.91. The molecule has 0 aliphatic carbocycles. The first-order chi connectivity index (χ1) is 9.58. The van der Waals surface area contributed by atoms with Crippen molar-refractivity contribution in [3.63, 3.8) is 0 Å². The van der Waals surface area contributed by atoms with Crippen LogP contribution in [0.15, 0.2) is 42.5 Å². The Morgan fingerprint density at radius 2 is 1.85 bits per heavy atom. The van der Waals surface area contributed by atoms with Crippen molar-refractivity contribution < 1.29 is 4.79 Å². The van der Waals surface area contributed by atoms with Gasteiger partial charge in [0.25, 0.3) is 0 Å². The van der Waals surface area contributed by atoms with Crippen LogP contribution in [-0.2, 0) is 4.79 Å². The maximum atomic E-state index is 11.5. The number of carbonyl (C=O) groups is 1. The maximum absolute atomic E-state index is 11.5. The van der Waals surface area contributed by atoms with E-state index in [1.807, 2.05) is 0 Å². The number of benzene rings is 2. The highest BCUT2D eigenvalue weighted by molar-refractivity contribution is 5.83. The summed E-state index contributed by atoms with van der Waals surface area (Å²) >= 11 is 0. The first kappa shape index (κ1) is 14.5. The van der Waals surface area contributed by atoms with Gasteiger partial charge in [-0.1, -0.05) is 36.4 Å². The lowest BCUT2D eigenvalue weighted by atomic mass is 10.0. The first-order valence-corrected chi connectivity index (χ1v) is 7.00. The molecule has 0 saturated carbocycles. The van der Waals surface area contributed by atoms with Gasteiger partial charge < -0.3 is 10.2 Å². The molecule has 1 unspecified atom stereocenters. The van der Waals surface area contributed by atoms with Gasteiger partial charge in [0.05, 0.1) is 0 Å². The summed E-state index contributed by atoms with van der Waals surface area (Å²) in [6, 6.07) is 15.1. The zero-order chi connectivity index (χ0) is 14.5. The van der Waals surface area contributed by atoms with E-state index in [1.54, 1.807) is 19.0 Å². The van der Waals surface area contributed by atoms with E-state index in [2.05, 4.69) is 54.7 Å². The zero-order valence-electron chi connectivity index (χ0n) is 12.4. The van der Waals surface area contributed by atoms with Crippen molar-refractivity contribution in [1.82, 2.24) is 10.2 Å². The fourth-order valence-corrected chi connectivity index (χ4v) is 2.21. The van der Waals surface area contributed by atoms with Gasteiger partial charge in [-0.15, -0.1) is 0 Å². The second-order valence-corrected chi connectivity index (χ2v) is 5.32. The van der Waals surface area contributed by atoms with Crippen molar-refractivity contribution in [3.8, 4) is 0 Å². The van der Waals surface area contributed by atoms with Crippen LogP contribution in [0.1, 0.15) is 24.9 Å². The Hall–Kier alpha value is -1.87. The summed E-state index contributed by atoms with van der Waals surface area (Å²) in [5.41, 5.74) is 1.25. The van der Waals surface area contributed by atoms with Crippen molar-refractivity contribution >= 4 is 16.7 Å². The minimum Gasteiger partial charge on any atom is -0.349 e. The number of nitrogens with zero attached hydrogens (tertiary/aromatic N) is 1. The Labute approximate surface area is 120 Å². The molecule has 0 radical (unpaired) electrons. The molecular formula is C17H22N2O. The lowest BCUT2D eigenvalue weighted by Crippen LogP contribution is -2.28. The fraction of sp³-hybridized carbons (Fsp3) is 0.353. The predicted molar refractivity (Wildman–Crippen MR) is 83.7 cm³/mol. The molecule has 0 saturated heterocycles. The molecule has 20 heavy (non-hydrogen) atoms. The monoisotopic (exact) mass is 270 g/mol. The Kier molecular flexibility index (Phi) is 4.74. The van der Waals surface area contributed by atoms with Gasteiger partial charge in [0.2, 0.25) is 5.91 Å². The van der Waals surface area contributed by atoms with Gasteiger partial charge in [0, 0.05) is 33.1 Å². The van der Waals surface area contributed by atoms with Gasteiger partial charge in [-0.25, -0.2) is 0 Å². The van der Waals surface area contributed by atoms with Crippen LogP contribution in [0.2, 0.25) is 0 Å². The van der Waals surface area contributed by atoms with Crippen LogP contribution in [0.5, 0.6) is 0 Å². The molecule has 2 rings (SSSR count). The maximum Gasteiger partial charge on any atom is 0.223 e. The number of amides is 1. The lowest BCUT2D eigenvalue weighted by Gasteiger charge is -2.16. The van der Waals surface area contributed by atoms with Crippen molar-refractivity contribution in [3.05, 3.63) is 48.0 Å². The SMILES string of the molecule is CC(NCCC(=O)N(C)C)c1ccc2ccccc2c1. The molecule has 0 bridgehead atoms. The summed E-state index contributed by atoms with van der Waals surface area (Å²) in [7, 11) is 3.57. The topological polar surface area (TPSA) is 32.3 Å². The third-order valence-electron chi connectivity index (χ3n) is 3.56. The third-order valence-corrected chi connectivity index (χ3v) is 3.56. The molecular weight excluding hydrogens is 248 g/mol. The van der Waals surface area contributed by atoms with Gasteiger partial charge in [-0.3, -0.25) is 4.79 Å². The van der Waals surface area contributed by atoms with E-state index < -0.39 is 0 Å². The number of hydrogen-bond donors (Lipinski definition) is 1. The summed E-state index contributed by atoms with van der Waals surface area (Å²) in [5.74, 6) is 0.156. The average Bonchev–Trinajstić information content (AvgIpc) is 2.46. The lowest BCUT2D eigenvalue weighted by molar-refractivity contribution is -0.128. The second-order valence-electron chi connectivity index (χ2n) is 5.32. The molecule has 3 heteroatoms. The highest BCUT2D eigenvalue weighted by atomic mass is 16.2. The molecule has 106 valence electrons. The Balaban J connectivity index is 1.97. The van der Waals surface area contributed by atoms with E-state index in [-0.39, 0.29) is 11.9 Å². The highest BCUT2D eigenvalue weighted by Crippen LogP contribution is 2.20. The molecule has 0 heterocycles. The molecule has 2 aromatic carbocycles. The van der Waals surface area contributed by atoms with E-state index >= 15 is 0 Å². The molecule has 2 aromatic rings. The van der Waals surface area contributed by atoms with Crippen molar-refractivity contribution in [1.29, 1.82) is 0 Å². The largest absolute Gasteiger partial charge is 0.349 e. The molecule has 0 aromatic heterocycles. The van der Waals surface area contributed by atoms with Crippen molar-refractivity contribution in [2.45, 2.75) is 19.4 Å². The number of rotatable bonds is 5. The minimum absolute atomic E-state index is 0.156. The minimum atomic E-state index is 0.156. The van der Waals surface area contributed by atoms with Crippen LogP contribution >= 0.6 is 0 Å². The first-order valence-electron chi connectivity index (χ1n) is 7.00. The quantitative estimate of drug-likeness (QED) is 0.906. The van der Waals surface area contributed by atoms with Crippen LogP contribution in [-0.4, -0.2) is 31.4 Å². The zero-order valence-corrected chi connectivity index (χ0v) is 12.4. The smallest absolute Gasteiger partial charge is 0.223 e. The van der Waals surface area contributed by atoms with Crippen LogP contribution < -0.4 is 5.32 Å². The molecule has 0 spiro atoms. The van der Waals surface area contributed by atoms with Crippen molar-refractivity contribution in [2.75, 3.05) is 20.6 Å². The standard InChI is InChI=1S/C17H22N2O/c1-13(18-11-10-17(20)19(2)3)15-9-8-14-6-4-5-7-16(14)12-15/h4-9,12-13,18H,10-11H2,1-3H3. The average molecular weight is 270 g/mol. The molecule has 1 N–H and O–H groups in total. The van der Waals surface area contributed by atoms with E-state index in [9.17, 15) is 4.79 Å². The Bertz CT molecular complexity index is 592. The summed E-state index contributed by atoms with van der Waals surface area (Å²) in [4.78, 5) is 13.1. The highest BCUT2D eigenvalue weighted by Gasteiger charge is 2.08. The molecule has 0 aliphatic heterocycles. The Morgan fingerprint density at radius 1 is 1.15 bits per heavy atom. The van der Waals surface area contributed by atoms with Gasteiger partial charge in [-0.05, 0) is 29.3 Å². The van der Waals surface area contributed by atoms with Gasteiger partial charge >= 0.3 is 0 Å². The molecule has 3 nitrogen and oxygen atoms in total.